The Morgan fingerprint density at radius 2 is 1.67 bits per heavy atom. The number of rotatable bonds is 9. The highest BCUT2D eigenvalue weighted by Crippen LogP contribution is 2.18. The summed E-state index contributed by atoms with van der Waals surface area (Å²) in [4.78, 5) is 0. The van der Waals surface area contributed by atoms with Crippen LogP contribution in [0.4, 0.5) is 18.9 Å². The van der Waals surface area contributed by atoms with Gasteiger partial charge in [-0.3, -0.25) is 4.72 Å². The largest absolute Gasteiger partial charge is 0.317 e. The van der Waals surface area contributed by atoms with Crippen LogP contribution in [-0.2, 0) is 10.0 Å². The molecule has 1 rings (SSSR count). The van der Waals surface area contributed by atoms with E-state index in [1.54, 1.807) is 0 Å². The van der Waals surface area contributed by atoms with Crippen LogP contribution in [0.2, 0.25) is 0 Å². The topological polar surface area (TPSA) is 58.2 Å². The molecule has 0 heterocycles. The molecule has 0 unspecified atom stereocenters. The molecule has 1 aromatic rings. The highest BCUT2D eigenvalue weighted by Gasteiger charge is 2.15. The number of hydrogen-bond donors (Lipinski definition) is 2. The third-order valence-electron chi connectivity index (χ3n) is 2.70. The third-order valence-corrected chi connectivity index (χ3v) is 4.07. The zero-order valence-corrected chi connectivity index (χ0v) is 12.6. The van der Waals surface area contributed by atoms with Crippen LogP contribution in [0.5, 0.6) is 0 Å². The molecular formula is C13H19F3N2O2S. The number of nitrogens with one attached hydrogen (secondary N) is 2. The van der Waals surface area contributed by atoms with Crippen molar-refractivity contribution < 1.29 is 21.6 Å². The van der Waals surface area contributed by atoms with E-state index in [9.17, 15) is 21.6 Å². The van der Waals surface area contributed by atoms with Crippen molar-refractivity contribution in [1.82, 2.24) is 5.32 Å². The van der Waals surface area contributed by atoms with Gasteiger partial charge in [0.05, 0.1) is 11.4 Å². The van der Waals surface area contributed by atoms with Gasteiger partial charge in [-0.05, 0) is 32.4 Å². The predicted octanol–water partition coefficient (Wildman–Crippen LogP) is 2.63. The van der Waals surface area contributed by atoms with E-state index in [2.05, 4.69) is 5.32 Å². The summed E-state index contributed by atoms with van der Waals surface area (Å²) in [5.41, 5.74) is -0.324. The summed E-state index contributed by atoms with van der Waals surface area (Å²) >= 11 is 0. The maximum Gasteiger partial charge on any atom is 0.232 e. The van der Waals surface area contributed by atoms with Crippen molar-refractivity contribution in [2.24, 2.45) is 0 Å². The SMILES string of the molecule is CCCNCCCCS(=O)(=O)Nc1cc(F)c(F)c(F)c1. The Bertz CT molecular complexity index is 542. The van der Waals surface area contributed by atoms with Crippen molar-refractivity contribution in [2.45, 2.75) is 26.2 Å². The Hall–Kier alpha value is -1.28. The molecule has 0 aliphatic heterocycles. The normalized spacial score (nSPS) is 11.6. The lowest BCUT2D eigenvalue weighted by atomic mass is 10.3. The first-order valence-corrected chi connectivity index (χ1v) is 8.36. The molecule has 0 saturated carbocycles. The van der Waals surface area contributed by atoms with E-state index in [-0.39, 0.29) is 11.4 Å². The first-order valence-electron chi connectivity index (χ1n) is 6.71. The van der Waals surface area contributed by atoms with Gasteiger partial charge in [-0.25, -0.2) is 21.6 Å². The summed E-state index contributed by atoms with van der Waals surface area (Å²) in [6.45, 7) is 3.62. The van der Waals surface area contributed by atoms with Crippen LogP contribution in [0.1, 0.15) is 26.2 Å². The van der Waals surface area contributed by atoms with E-state index >= 15 is 0 Å². The molecule has 0 aliphatic carbocycles. The van der Waals surface area contributed by atoms with Crippen molar-refractivity contribution in [3.8, 4) is 0 Å². The van der Waals surface area contributed by atoms with Gasteiger partial charge in [0.2, 0.25) is 10.0 Å². The first kappa shape index (κ1) is 17.8. The zero-order chi connectivity index (χ0) is 15.9. The molecule has 21 heavy (non-hydrogen) atoms. The van der Waals surface area contributed by atoms with Gasteiger partial charge in [0.1, 0.15) is 0 Å². The van der Waals surface area contributed by atoms with Gasteiger partial charge >= 0.3 is 0 Å². The van der Waals surface area contributed by atoms with Crippen molar-refractivity contribution in [1.29, 1.82) is 0 Å². The molecule has 0 spiro atoms. The molecule has 8 heteroatoms. The molecule has 0 amide bonds. The fraction of sp³-hybridized carbons (Fsp3) is 0.538. The maximum absolute atomic E-state index is 13.0. The molecule has 120 valence electrons. The predicted molar refractivity (Wildman–Crippen MR) is 76.1 cm³/mol. The van der Waals surface area contributed by atoms with E-state index in [4.69, 9.17) is 0 Å². The van der Waals surface area contributed by atoms with E-state index < -0.39 is 27.5 Å². The van der Waals surface area contributed by atoms with Crippen molar-refractivity contribution in [2.75, 3.05) is 23.6 Å². The Kier molecular flexibility index (Phi) is 6.97. The molecule has 0 atom stereocenters. The van der Waals surface area contributed by atoms with Crippen molar-refractivity contribution in [3.05, 3.63) is 29.6 Å². The van der Waals surface area contributed by atoms with Crippen LogP contribution in [0, 0.1) is 17.5 Å². The second-order valence-corrected chi connectivity index (χ2v) is 6.47. The number of halogens is 3. The highest BCUT2D eigenvalue weighted by molar-refractivity contribution is 7.92. The summed E-state index contributed by atoms with van der Waals surface area (Å²) in [7, 11) is -3.71. The third kappa shape index (κ3) is 6.34. The quantitative estimate of drug-likeness (QED) is 0.542. The molecule has 4 nitrogen and oxygen atoms in total. The van der Waals surface area contributed by atoms with Crippen LogP contribution in [0.3, 0.4) is 0 Å². The summed E-state index contributed by atoms with van der Waals surface area (Å²) in [6, 6.07) is 1.22. The Morgan fingerprint density at radius 1 is 1.05 bits per heavy atom. The molecule has 0 aromatic heterocycles. The molecule has 2 N–H and O–H groups in total. The maximum atomic E-state index is 13.0. The minimum absolute atomic E-state index is 0.165. The van der Waals surface area contributed by atoms with Crippen LogP contribution in [-0.4, -0.2) is 27.3 Å². The fourth-order valence-corrected chi connectivity index (χ4v) is 2.85. The molecule has 0 fully saturated rings. The molecular weight excluding hydrogens is 305 g/mol. The van der Waals surface area contributed by atoms with Gasteiger partial charge in [-0.2, -0.15) is 0 Å². The van der Waals surface area contributed by atoms with E-state index in [1.807, 2.05) is 11.6 Å². The lowest BCUT2D eigenvalue weighted by molar-refractivity contribution is 0.448. The molecule has 0 bridgehead atoms. The molecule has 0 aliphatic rings. The number of anilines is 1. The van der Waals surface area contributed by atoms with Gasteiger partial charge in [0.15, 0.2) is 17.5 Å². The van der Waals surface area contributed by atoms with Crippen LogP contribution < -0.4 is 10.0 Å². The number of hydrogen-bond acceptors (Lipinski definition) is 3. The molecule has 0 radical (unpaired) electrons. The van der Waals surface area contributed by atoms with Crippen molar-refractivity contribution in [3.63, 3.8) is 0 Å². The second-order valence-electron chi connectivity index (χ2n) is 4.63. The lowest BCUT2D eigenvalue weighted by Crippen LogP contribution is -2.20. The van der Waals surface area contributed by atoms with Crippen LogP contribution in [0.25, 0.3) is 0 Å². The highest BCUT2D eigenvalue weighted by atomic mass is 32.2. The van der Waals surface area contributed by atoms with E-state index in [0.29, 0.717) is 31.5 Å². The van der Waals surface area contributed by atoms with Crippen molar-refractivity contribution >= 4 is 15.7 Å². The monoisotopic (exact) mass is 324 g/mol. The summed E-state index contributed by atoms with van der Waals surface area (Å²) in [5, 5.41) is 3.14. The second kappa shape index (κ2) is 8.23. The number of unbranched alkanes of at least 4 members (excludes halogenated alkanes) is 1. The van der Waals surface area contributed by atoms with Gasteiger partial charge in [0, 0.05) is 12.1 Å². The van der Waals surface area contributed by atoms with E-state index in [1.165, 1.54) is 0 Å². The summed E-state index contributed by atoms with van der Waals surface area (Å²) in [5.74, 6) is -4.66. The Balaban J connectivity index is 2.49. The minimum Gasteiger partial charge on any atom is -0.317 e. The molecule has 1 aromatic carbocycles. The lowest BCUT2D eigenvalue weighted by Gasteiger charge is -2.09. The number of benzene rings is 1. The first-order chi connectivity index (χ1) is 9.85. The average Bonchev–Trinajstić information content (AvgIpc) is 2.39. The number of sulfonamides is 1. The van der Waals surface area contributed by atoms with Gasteiger partial charge in [-0.15, -0.1) is 0 Å². The molecule has 0 saturated heterocycles. The Morgan fingerprint density at radius 3 is 2.24 bits per heavy atom. The summed E-state index contributed by atoms with van der Waals surface area (Å²) in [6.07, 6.45) is 2.09. The van der Waals surface area contributed by atoms with Crippen LogP contribution in [0.15, 0.2) is 12.1 Å². The van der Waals surface area contributed by atoms with Gasteiger partial charge < -0.3 is 5.32 Å². The van der Waals surface area contributed by atoms with Crippen LogP contribution >= 0.6 is 0 Å². The minimum atomic E-state index is -3.71. The fourth-order valence-electron chi connectivity index (χ4n) is 1.69. The van der Waals surface area contributed by atoms with Gasteiger partial charge in [-0.1, -0.05) is 6.92 Å². The average molecular weight is 324 g/mol. The van der Waals surface area contributed by atoms with E-state index in [0.717, 1.165) is 13.0 Å². The summed E-state index contributed by atoms with van der Waals surface area (Å²) < 4.78 is 64.2. The standard InChI is InChI=1S/C13H19F3N2O2S/c1-2-5-17-6-3-4-7-21(19,20)18-10-8-11(14)13(16)12(15)9-10/h8-9,17-18H,2-7H2,1H3. The zero-order valence-electron chi connectivity index (χ0n) is 11.8. The van der Waals surface area contributed by atoms with Gasteiger partial charge in [0.25, 0.3) is 0 Å². The Labute approximate surface area is 122 Å². The smallest absolute Gasteiger partial charge is 0.232 e.